The zero-order valence-electron chi connectivity index (χ0n) is 41.3. The summed E-state index contributed by atoms with van der Waals surface area (Å²) in [6.07, 6.45) is 12.8. The molecule has 6 aromatic rings. The van der Waals surface area contributed by atoms with E-state index in [1.807, 2.05) is 37.4 Å². The number of hydrogen-bond acceptors (Lipinski definition) is 9. The maximum atomic E-state index is 15.4. The van der Waals surface area contributed by atoms with Gasteiger partial charge in [-0.15, -0.1) is 0 Å². The molecule has 0 bridgehead atoms. The largest absolute Gasteiger partial charge is 0.461 e. The SMILES string of the molecule is CC(=O)OCc1c(Br)cc(F)cc1N1CCn2c(cc3c2CCCC3)C1=O.CCc1c(-c2cc(Nc3ccc(N4CCN(C)CC4)cn3)c(=O)n(C)c2)cc(F)cc1N1CCn2c(cc3c2CCCC3)C1=O. The second-order valence-corrected chi connectivity index (χ2v) is 20.3. The third-order valence-corrected chi connectivity index (χ3v) is 15.6. The first kappa shape index (κ1) is 49.0. The van der Waals surface area contributed by atoms with Crippen molar-refractivity contribution in [3.05, 3.63) is 138 Å². The number of likely N-dealkylation sites (N-methyl/N-ethyl adjacent to an activating group) is 1. The molecule has 0 atom stereocenters. The molecule has 2 aromatic carbocycles. The van der Waals surface area contributed by atoms with E-state index in [-0.39, 0.29) is 24.0 Å². The van der Waals surface area contributed by atoms with Crippen LogP contribution in [0.5, 0.6) is 0 Å². The number of pyridine rings is 2. The van der Waals surface area contributed by atoms with Crippen molar-refractivity contribution in [1.82, 2.24) is 23.6 Å². The normalized spacial score (nSPS) is 16.6. The van der Waals surface area contributed by atoms with E-state index in [4.69, 9.17) is 4.74 Å². The van der Waals surface area contributed by atoms with E-state index in [0.717, 1.165) is 88.8 Å². The highest BCUT2D eigenvalue weighted by Crippen LogP contribution is 2.38. The van der Waals surface area contributed by atoms with Gasteiger partial charge in [0.15, 0.2) is 0 Å². The Bertz CT molecular complexity index is 3160. The predicted octanol–water partition coefficient (Wildman–Crippen LogP) is 8.98. The Morgan fingerprint density at radius 3 is 1.88 bits per heavy atom. The van der Waals surface area contributed by atoms with Crippen LogP contribution in [-0.4, -0.2) is 87.7 Å². The fraction of sp³-hybridized carbons (Fsp3) is 0.400. The van der Waals surface area contributed by atoms with Gasteiger partial charge >= 0.3 is 5.97 Å². The molecule has 0 radical (unpaired) electrons. The molecule has 3 aliphatic heterocycles. The van der Waals surface area contributed by atoms with Crippen LogP contribution in [0.15, 0.2) is 76.3 Å². The molecule has 4 aromatic heterocycles. The fourth-order valence-corrected chi connectivity index (χ4v) is 11.7. The number of nitrogens with zero attached hydrogens (tertiary/aromatic N) is 8. The molecule has 5 aliphatic rings. The molecule has 376 valence electrons. The van der Waals surface area contributed by atoms with Crippen LogP contribution in [0.1, 0.15) is 94.1 Å². The summed E-state index contributed by atoms with van der Waals surface area (Å²) >= 11 is 3.34. The first-order valence-electron chi connectivity index (χ1n) is 25.1. The Kier molecular flexibility index (Phi) is 14.0. The Morgan fingerprint density at radius 2 is 1.31 bits per heavy atom. The van der Waals surface area contributed by atoms with Crippen LogP contribution in [0.3, 0.4) is 0 Å². The lowest BCUT2D eigenvalue weighted by Gasteiger charge is -2.33. The molecule has 7 heterocycles. The summed E-state index contributed by atoms with van der Waals surface area (Å²) in [6, 6.07) is 15.3. The lowest BCUT2D eigenvalue weighted by molar-refractivity contribution is -0.142. The van der Waals surface area contributed by atoms with Crippen molar-refractivity contribution in [3.8, 4) is 11.1 Å². The number of aryl methyl sites for hydroxylation is 3. The Hall–Kier alpha value is -6.59. The molecule has 72 heavy (non-hydrogen) atoms. The number of nitrogens with one attached hydrogen (secondary N) is 1. The number of rotatable bonds is 9. The number of fused-ring (bicyclic) bond motifs is 6. The quantitative estimate of drug-likeness (QED) is 0.141. The van der Waals surface area contributed by atoms with Crippen LogP contribution >= 0.6 is 15.9 Å². The summed E-state index contributed by atoms with van der Waals surface area (Å²) in [7, 11) is 3.82. The maximum Gasteiger partial charge on any atom is 0.302 e. The smallest absolute Gasteiger partial charge is 0.302 e. The third kappa shape index (κ3) is 9.60. The average Bonchev–Trinajstić information content (AvgIpc) is 3.95. The standard InChI is InChI=1S/C35H40FN7O2.C20H20BrFN2O3/c1-4-27-28(19-25(36)20-31(27)43-16-15-42-30-8-6-5-7-23(30)18-32(42)35(43)45)24-17-29(34(44)40(3)22-24)38-33-10-9-26(21-37-33)41-13-11-39(2)12-14-41;1-12(25)27-11-15-16(21)9-14(22)10-18(15)24-7-6-23-17-5-3-2-4-13(17)8-19(23)20(24)26/h9-10,17-22H,4-8,11-16H2,1-3H3,(H,37,38);8-10H,2-7,11H2,1H3. The molecule has 1 fully saturated rings. The summed E-state index contributed by atoms with van der Waals surface area (Å²) in [5, 5.41) is 3.20. The van der Waals surface area contributed by atoms with Crippen molar-refractivity contribution in [2.75, 3.05) is 66.3 Å². The van der Waals surface area contributed by atoms with Crippen LogP contribution in [0.4, 0.5) is 37.3 Å². The third-order valence-electron chi connectivity index (χ3n) is 14.9. The van der Waals surface area contributed by atoms with Crippen molar-refractivity contribution in [2.45, 2.75) is 91.3 Å². The number of hydrogen-bond donors (Lipinski definition) is 1. The molecule has 2 amide bonds. The highest BCUT2D eigenvalue weighted by Gasteiger charge is 2.34. The second kappa shape index (κ2) is 20.5. The summed E-state index contributed by atoms with van der Waals surface area (Å²) in [5.41, 5.74) is 11.5. The molecular weight excluding hydrogens is 985 g/mol. The van der Waals surface area contributed by atoms with Gasteiger partial charge in [-0.1, -0.05) is 22.9 Å². The lowest BCUT2D eigenvalue weighted by Crippen LogP contribution is -2.44. The highest BCUT2D eigenvalue weighted by molar-refractivity contribution is 9.10. The first-order chi connectivity index (χ1) is 34.8. The monoisotopic (exact) mass is 1040 g/mol. The van der Waals surface area contributed by atoms with E-state index in [9.17, 15) is 23.6 Å². The van der Waals surface area contributed by atoms with Crippen LogP contribution in [-0.2, 0) is 68.4 Å². The van der Waals surface area contributed by atoms with E-state index in [2.05, 4.69) is 52.2 Å². The van der Waals surface area contributed by atoms with Crippen molar-refractivity contribution in [3.63, 3.8) is 0 Å². The number of carbonyl (C=O) groups is 3. The number of piperazine rings is 1. The number of halogens is 3. The molecule has 1 N–H and O–H groups in total. The van der Waals surface area contributed by atoms with Crippen molar-refractivity contribution >= 4 is 62.3 Å². The molecular formula is C55H60BrF2N9O5. The van der Waals surface area contributed by atoms with Gasteiger partial charge in [-0.25, -0.2) is 13.8 Å². The van der Waals surface area contributed by atoms with Crippen molar-refractivity contribution in [1.29, 1.82) is 0 Å². The van der Waals surface area contributed by atoms with E-state index in [1.54, 1.807) is 29.1 Å². The average molecular weight is 1050 g/mol. The molecule has 0 saturated carbocycles. The van der Waals surface area contributed by atoms with Gasteiger partial charge in [0.2, 0.25) is 0 Å². The van der Waals surface area contributed by atoms with Crippen molar-refractivity contribution < 1.29 is 27.9 Å². The summed E-state index contributed by atoms with van der Waals surface area (Å²) in [6.45, 7) is 9.53. The van der Waals surface area contributed by atoms with E-state index < -0.39 is 17.6 Å². The molecule has 11 rings (SSSR count). The topological polar surface area (TPSA) is 130 Å². The number of esters is 1. The molecule has 14 nitrogen and oxygen atoms in total. The minimum Gasteiger partial charge on any atom is -0.461 e. The fourth-order valence-electron chi connectivity index (χ4n) is 11.2. The van der Waals surface area contributed by atoms with Crippen LogP contribution in [0, 0.1) is 11.6 Å². The molecule has 17 heteroatoms. The van der Waals surface area contributed by atoms with Crippen molar-refractivity contribution in [2.24, 2.45) is 7.05 Å². The summed E-state index contributed by atoms with van der Waals surface area (Å²) in [5.74, 6) is -0.967. The van der Waals surface area contributed by atoms with E-state index >= 15 is 4.39 Å². The van der Waals surface area contributed by atoms with Crippen LogP contribution in [0.25, 0.3) is 11.1 Å². The minimum absolute atomic E-state index is 0.0210. The zero-order valence-corrected chi connectivity index (χ0v) is 42.9. The van der Waals surface area contributed by atoms with Gasteiger partial charge in [-0.05, 0) is 142 Å². The number of benzene rings is 2. The van der Waals surface area contributed by atoms with Crippen LogP contribution < -0.4 is 25.6 Å². The van der Waals surface area contributed by atoms with Gasteiger partial charge in [0, 0.05) is 99.5 Å². The Morgan fingerprint density at radius 1 is 0.722 bits per heavy atom. The Balaban J connectivity index is 0.000000188. The van der Waals surface area contributed by atoms with E-state index in [1.165, 1.54) is 58.3 Å². The first-order valence-corrected chi connectivity index (χ1v) is 25.9. The minimum atomic E-state index is -0.448. The summed E-state index contributed by atoms with van der Waals surface area (Å²) < 4.78 is 40.9. The predicted molar refractivity (Wildman–Crippen MR) is 279 cm³/mol. The van der Waals surface area contributed by atoms with E-state index in [0.29, 0.717) is 88.0 Å². The Labute approximate surface area is 426 Å². The maximum absolute atomic E-state index is 15.4. The molecule has 2 aliphatic carbocycles. The van der Waals surface area contributed by atoms with Gasteiger partial charge in [0.05, 0.1) is 23.3 Å². The molecule has 0 spiro atoms. The number of amides is 2. The molecule has 0 unspecified atom stereocenters. The second-order valence-electron chi connectivity index (χ2n) is 19.5. The van der Waals surface area contributed by atoms with Gasteiger partial charge in [-0.3, -0.25) is 19.2 Å². The summed E-state index contributed by atoms with van der Waals surface area (Å²) in [4.78, 5) is 64.1. The lowest BCUT2D eigenvalue weighted by atomic mass is 9.95. The highest BCUT2D eigenvalue weighted by atomic mass is 79.9. The van der Waals surface area contributed by atoms with Gasteiger partial charge < -0.3 is 43.4 Å². The van der Waals surface area contributed by atoms with Gasteiger partial charge in [0.1, 0.15) is 41.1 Å². The molecule has 1 saturated heterocycles. The zero-order chi connectivity index (χ0) is 50.4. The van der Waals surface area contributed by atoms with Gasteiger partial charge in [0.25, 0.3) is 17.4 Å². The number of anilines is 5. The van der Waals surface area contributed by atoms with Crippen LogP contribution in [0.2, 0.25) is 0 Å². The number of carbonyl (C=O) groups excluding carboxylic acids is 3. The number of aromatic nitrogens is 4. The van der Waals surface area contributed by atoms with Gasteiger partial charge in [-0.2, -0.15) is 0 Å². The number of ether oxygens (including phenoxy) is 1.